The van der Waals surface area contributed by atoms with Crippen molar-refractivity contribution in [3.05, 3.63) is 29.3 Å². The smallest absolute Gasteiger partial charge is 0.125 e. The third kappa shape index (κ3) is 3.93. The molecule has 4 heteroatoms. The topological polar surface area (TPSA) is 41.9 Å². The van der Waals surface area contributed by atoms with Crippen LogP contribution in [-0.4, -0.2) is 49.5 Å². The minimum Gasteiger partial charge on any atom is -0.490 e. The maximum absolute atomic E-state index is 9.75. The highest BCUT2D eigenvalue weighted by atomic mass is 16.5. The van der Waals surface area contributed by atoms with E-state index in [9.17, 15) is 5.11 Å². The van der Waals surface area contributed by atoms with Crippen LogP contribution in [0.15, 0.2) is 18.2 Å². The third-order valence-corrected chi connectivity index (χ3v) is 3.39. The van der Waals surface area contributed by atoms with Crippen LogP contribution in [0, 0.1) is 6.92 Å². The molecule has 1 aromatic carbocycles. The van der Waals surface area contributed by atoms with Gasteiger partial charge >= 0.3 is 0 Å². The molecule has 1 aromatic rings. The maximum atomic E-state index is 9.75. The minimum absolute atomic E-state index is 0.0983. The molecular weight excluding hydrogens is 242 g/mol. The molecule has 1 N–H and O–H groups in total. The van der Waals surface area contributed by atoms with E-state index in [4.69, 9.17) is 9.47 Å². The van der Waals surface area contributed by atoms with Crippen LogP contribution in [0.25, 0.3) is 0 Å². The van der Waals surface area contributed by atoms with Gasteiger partial charge in [0.1, 0.15) is 18.5 Å². The number of hydrogen-bond donors (Lipinski definition) is 1. The fraction of sp³-hybridized carbons (Fsp3) is 0.600. The molecule has 0 amide bonds. The molecule has 1 aliphatic heterocycles. The van der Waals surface area contributed by atoms with Gasteiger partial charge in [-0.2, -0.15) is 0 Å². The summed E-state index contributed by atoms with van der Waals surface area (Å²) in [5.74, 6) is 0.756. The van der Waals surface area contributed by atoms with E-state index in [2.05, 4.69) is 11.9 Å². The van der Waals surface area contributed by atoms with Gasteiger partial charge in [-0.1, -0.05) is 12.1 Å². The number of likely N-dealkylation sites (N-methyl/N-ethyl adjacent to an activating group) is 1. The van der Waals surface area contributed by atoms with Crippen molar-refractivity contribution in [1.29, 1.82) is 0 Å². The number of hydrogen-bond acceptors (Lipinski definition) is 4. The summed E-state index contributed by atoms with van der Waals surface area (Å²) in [6, 6.07) is 5.87. The Morgan fingerprint density at radius 2 is 2.32 bits per heavy atom. The first-order valence-corrected chi connectivity index (χ1v) is 6.78. The van der Waals surface area contributed by atoms with Crippen molar-refractivity contribution in [1.82, 2.24) is 4.90 Å². The van der Waals surface area contributed by atoms with Gasteiger partial charge in [-0.3, -0.25) is 0 Å². The highest BCUT2D eigenvalue weighted by molar-refractivity contribution is 5.38. The van der Waals surface area contributed by atoms with E-state index in [-0.39, 0.29) is 6.10 Å². The molecule has 2 rings (SSSR count). The molecule has 1 aliphatic rings. The largest absolute Gasteiger partial charge is 0.490 e. The zero-order chi connectivity index (χ0) is 13.8. The van der Waals surface area contributed by atoms with Gasteiger partial charge in [0, 0.05) is 18.7 Å². The molecule has 0 saturated carbocycles. The molecule has 0 spiro atoms. The van der Waals surface area contributed by atoms with E-state index in [1.54, 1.807) is 6.92 Å². The number of rotatable bonds is 4. The molecule has 1 unspecified atom stereocenters. The van der Waals surface area contributed by atoms with E-state index < -0.39 is 6.10 Å². The fourth-order valence-corrected chi connectivity index (χ4v) is 2.26. The molecule has 0 aliphatic carbocycles. The molecule has 1 fully saturated rings. The van der Waals surface area contributed by atoms with Crippen molar-refractivity contribution in [3.63, 3.8) is 0 Å². The van der Waals surface area contributed by atoms with Crippen molar-refractivity contribution in [3.8, 4) is 5.75 Å². The quantitative estimate of drug-likeness (QED) is 0.900. The Morgan fingerprint density at radius 3 is 3.00 bits per heavy atom. The van der Waals surface area contributed by atoms with E-state index in [0.717, 1.165) is 36.6 Å². The van der Waals surface area contributed by atoms with E-state index >= 15 is 0 Å². The van der Waals surface area contributed by atoms with Crippen LogP contribution < -0.4 is 4.74 Å². The van der Waals surface area contributed by atoms with Crippen LogP contribution in [0.1, 0.15) is 24.2 Å². The molecule has 1 saturated heterocycles. The Balaban J connectivity index is 2.00. The third-order valence-electron chi connectivity index (χ3n) is 3.39. The lowest BCUT2D eigenvalue weighted by atomic mass is 10.1. The zero-order valence-corrected chi connectivity index (χ0v) is 11.9. The lowest BCUT2D eigenvalue weighted by Crippen LogP contribution is -2.42. The molecule has 4 nitrogen and oxygen atoms in total. The van der Waals surface area contributed by atoms with Gasteiger partial charge in [0.2, 0.25) is 0 Å². The Hall–Kier alpha value is -1.10. The summed E-state index contributed by atoms with van der Waals surface area (Å²) in [6.07, 6.45) is -0.424. The van der Waals surface area contributed by atoms with Crippen LogP contribution >= 0.6 is 0 Å². The van der Waals surface area contributed by atoms with Gasteiger partial charge < -0.3 is 19.5 Å². The fourth-order valence-electron chi connectivity index (χ4n) is 2.26. The van der Waals surface area contributed by atoms with Crippen molar-refractivity contribution in [2.75, 3.05) is 33.4 Å². The summed E-state index contributed by atoms with van der Waals surface area (Å²) < 4.78 is 11.5. The van der Waals surface area contributed by atoms with E-state index in [0.29, 0.717) is 6.61 Å². The number of morpholine rings is 1. The van der Waals surface area contributed by atoms with Crippen LogP contribution in [0.3, 0.4) is 0 Å². The Bertz CT molecular complexity index is 420. The lowest BCUT2D eigenvalue weighted by Gasteiger charge is -2.30. The molecule has 0 aromatic heterocycles. The SMILES string of the molecule is Cc1ccc([C@@H](C)O)c(OCC2CN(C)CCO2)c1. The second kappa shape index (κ2) is 6.37. The predicted octanol–water partition coefficient (Wildman–Crippen LogP) is 1.76. The number of aryl methyl sites for hydroxylation is 1. The molecule has 0 bridgehead atoms. The minimum atomic E-state index is -0.523. The zero-order valence-electron chi connectivity index (χ0n) is 11.9. The van der Waals surface area contributed by atoms with Gasteiger partial charge in [-0.25, -0.2) is 0 Å². The van der Waals surface area contributed by atoms with Crippen molar-refractivity contribution < 1.29 is 14.6 Å². The molecule has 106 valence electrons. The second-order valence-electron chi connectivity index (χ2n) is 5.28. The molecule has 2 atom stereocenters. The Morgan fingerprint density at radius 1 is 1.53 bits per heavy atom. The van der Waals surface area contributed by atoms with Crippen molar-refractivity contribution in [2.24, 2.45) is 0 Å². The normalized spacial score (nSPS) is 22.2. The standard InChI is InChI=1S/C15H23NO3/c1-11-4-5-14(12(2)17)15(8-11)19-10-13-9-16(3)6-7-18-13/h4-5,8,12-13,17H,6-7,9-10H2,1-3H3/t12-,13?/m1/s1. The van der Waals surface area contributed by atoms with Crippen LogP contribution in [0.4, 0.5) is 0 Å². The van der Waals surface area contributed by atoms with Gasteiger partial charge in [-0.05, 0) is 32.5 Å². The van der Waals surface area contributed by atoms with Crippen molar-refractivity contribution in [2.45, 2.75) is 26.1 Å². The summed E-state index contributed by atoms with van der Waals surface area (Å²) in [4.78, 5) is 2.24. The summed E-state index contributed by atoms with van der Waals surface area (Å²) in [7, 11) is 2.09. The van der Waals surface area contributed by atoms with E-state index in [1.807, 2.05) is 25.1 Å². The van der Waals surface area contributed by atoms with Gasteiger partial charge in [0.05, 0.1) is 12.7 Å². The van der Waals surface area contributed by atoms with Crippen LogP contribution in [0.2, 0.25) is 0 Å². The van der Waals surface area contributed by atoms with Gasteiger partial charge in [0.25, 0.3) is 0 Å². The summed E-state index contributed by atoms with van der Waals surface area (Å²) >= 11 is 0. The number of benzene rings is 1. The highest BCUT2D eigenvalue weighted by Gasteiger charge is 2.19. The first-order chi connectivity index (χ1) is 9.06. The molecule has 19 heavy (non-hydrogen) atoms. The summed E-state index contributed by atoms with van der Waals surface area (Å²) in [5.41, 5.74) is 1.95. The Kier molecular flexibility index (Phi) is 4.80. The molecule has 0 radical (unpaired) electrons. The number of nitrogens with zero attached hydrogens (tertiary/aromatic N) is 1. The second-order valence-corrected chi connectivity index (χ2v) is 5.28. The van der Waals surface area contributed by atoms with Gasteiger partial charge in [0.15, 0.2) is 0 Å². The number of aliphatic hydroxyl groups excluding tert-OH is 1. The molecular formula is C15H23NO3. The van der Waals surface area contributed by atoms with Gasteiger partial charge in [-0.15, -0.1) is 0 Å². The maximum Gasteiger partial charge on any atom is 0.125 e. The number of ether oxygens (including phenoxy) is 2. The lowest BCUT2D eigenvalue weighted by molar-refractivity contribution is -0.0407. The number of aliphatic hydroxyl groups is 1. The van der Waals surface area contributed by atoms with E-state index in [1.165, 1.54) is 0 Å². The Labute approximate surface area is 114 Å². The average Bonchev–Trinajstić information content (AvgIpc) is 2.36. The average molecular weight is 265 g/mol. The van der Waals surface area contributed by atoms with Crippen LogP contribution in [0.5, 0.6) is 5.75 Å². The first-order valence-electron chi connectivity index (χ1n) is 6.78. The van der Waals surface area contributed by atoms with Crippen LogP contribution in [-0.2, 0) is 4.74 Å². The highest BCUT2D eigenvalue weighted by Crippen LogP contribution is 2.26. The molecule has 1 heterocycles. The first kappa shape index (κ1) is 14.3. The predicted molar refractivity (Wildman–Crippen MR) is 74.5 cm³/mol. The van der Waals surface area contributed by atoms with Crippen molar-refractivity contribution >= 4 is 0 Å². The monoisotopic (exact) mass is 265 g/mol. The summed E-state index contributed by atoms with van der Waals surface area (Å²) in [6.45, 7) is 6.90. The summed E-state index contributed by atoms with van der Waals surface area (Å²) in [5, 5.41) is 9.75.